The number of nitrogens with zero attached hydrogens (tertiary/aromatic N) is 2. The Morgan fingerprint density at radius 3 is 2.63 bits per heavy atom. The van der Waals surface area contributed by atoms with Crippen molar-refractivity contribution < 1.29 is 9.50 Å². The van der Waals surface area contributed by atoms with Gasteiger partial charge in [0, 0.05) is 23.8 Å². The van der Waals surface area contributed by atoms with Gasteiger partial charge in [0.1, 0.15) is 11.6 Å². The number of halogens is 2. The Morgan fingerprint density at radius 2 is 1.91 bits per heavy atom. The fraction of sp³-hybridized carbons (Fsp3) is 0.276. The second-order valence-corrected chi connectivity index (χ2v) is 9.37. The first kappa shape index (κ1) is 25.0. The normalized spacial score (nSPS) is 13.9. The Hall–Kier alpha value is -3.15. The van der Waals surface area contributed by atoms with Crippen molar-refractivity contribution in [2.75, 3.05) is 0 Å². The highest BCUT2D eigenvalue weighted by molar-refractivity contribution is 6.31. The minimum Gasteiger partial charge on any atom is -0.508 e. The van der Waals surface area contributed by atoms with Crippen molar-refractivity contribution in [1.82, 2.24) is 14.9 Å². The van der Waals surface area contributed by atoms with Gasteiger partial charge in [-0.2, -0.15) is 0 Å². The number of imidazole rings is 1. The summed E-state index contributed by atoms with van der Waals surface area (Å²) in [7, 11) is 0. The molecule has 0 aliphatic rings. The van der Waals surface area contributed by atoms with Gasteiger partial charge < -0.3 is 9.67 Å². The van der Waals surface area contributed by atoms with E-state index in [2.05, 4.69) is 42.3 Å². The predicted octanol–water partition coefficient (Wildman–Crippen LogP) is 7.02. The fourth-order valence-electron chi connectivity index (χ4n) is 4.74. The van der Waals surface area contributed by atoms with Crippen LogP contribution in [0.25, 0.3) is 0 Å². The lowest BCUT2D eigenvalue weighted by Gasteiger charge is -2.41. The SMILES string of the molecule is CCCCc1ccccc1C(Cc1ccc(O)cc1Cl)(NC(C)n1ccnc1)c1cccc(F)c1. The van der Waals surface area contributed by atoms with Crippen molar-refractivity contribution in [3.8, 4) is 5.75 Å². The molecule has 4 aromatic rings. The Morgan fingerprint density at radius 1 is 1.09 bits per heavy atom. The first-order valence-corrected chi connectivity index (χ1v) is 12.4. The molecule has 4 rings (SSSR count). The van der Waals surface area contributed by atoms with Gasteiger partial charge in [-0.05, 0) is 66.3 Å². The van der Waals surface area contributed by atoms with Crippen LogP contribution >= 0.6 is 11.6 Å². The number of hydrogen-bond donors (Lipinski definition) is 2. The molecule has 182 valence electrons. The van der Waals surface area contributed by atoms with Crippen LogP contribution in [0, 0.1) is 5.82 Å². The molecule has 0 fully saturated rings. The van der Waals surface area contributed by atoms with Crippen LogP contribution in [0.3, 0.4) is 0 Å². The van der Waals surface area contributed by atoms with Gasteiger partial charge in [-0.25, -0.2) is 9.37 Å². The Kier molecular flexibility index (Phi) is 7.89. The van der Waals surface area contributed by atoms with Crippen molar-refractivity contribution >= 4 is 11.6 Å². The van der Waals surface area contributed by atoms with E-state index >= 15 is 0 Å². The van der Waals surface area contributed by atoms with Crippen molar-refractivity contribution in [2.24, 2.45) is 0 Å². The van der Waals surface area contributed by atoms with E-state index in [1.807, 2.05) is 29.0 Å². The van der Waals surface area contributed by atoms with Crippen molar-refractivity contribution in [3.05, 3.63) is 119 Å². The number of hydrogen-bond acceptors (Lipinski definition) is 3. The average Bonchev–Trinajstić information content (AvgIpc) is 3.39. The third kappa shape index (κ3) is 5.58. The number of aromatic hydroxyl groups is 1. The van der Waals surface area contributed by atoms with Crippen molar-refractivity contribution in [1.29, 1.82) is 0 Å². The van der Waals surface area contributed by atoms with E-state index in [9.17, 15) is 9.50 Å². The summed E-state index contributed by atoms with van der Waals surface area (Å²) in [4.78, 5) is 4.21. The highest BCUT2D eigenvalue weighted by Gasteiger charge is 2.38. The van der Waals surface area contributed by atoms with Gasteiger partial charge in [0.05, 0.1) is 18.0 Å². The van der Waals surface area contributed by atoms with Crippen LogP contribution in [0.2, 0.25) is 5.02 Å². The number of benzene rings is 3. The molecule has 0 bridgehead atoms. The smallest absolute Gasteiger partial charge is 0.123 e. The third-order valence-electron chi connectivity index (χ3n) is 6.51. The van der Waals surface area contributed by atoms with E-state index < -0.39 is 5.54 Å². The van der Waals surface area contributed by atoms with Gasteiger partial charge in [-0.1, -0.05) is 67.4 Å². The van der Waals surface area contributed by atoms with E-state index in [0.29, 0.717) is 11.4 Å². The summed E-state index contributed by atoms with van der Waals surface area (Å²) in [6, 6.07) is 20.1. The number of phenolic OH excluding ortho intramolecular Hbond substituents is 1. The predicted molar refractivity (Wildman–Crippen MR) is 139 cm³/mol. The zero-order valence-corrected chi connectivity index (χ0v) is 20.8. The van der Waals surface area contributed by atoms with E-state index in [0.717, 1.165) is 36.0 Å². The quantitative estimate of drug-likeness (QED) is 0.250. The van der Waals surface area contributed by atoms with Crippen molar-refractivity contribution in [3.63, 3.8) is 0 Å². The zero-order valence-electron chi connectivity index (χ0n) is 20.1. The lowest BCUT2D eigenvalue weighted by molar-refractivity contribution is 0.295. The van der Waals surface area contributed by atoms with Crippen LogP contribution in [0.5, 0.6) is 5.75 Å². The highest BCUT2D eigenvalue weighted by Crippen LogP contribution is 2.39. The maximum atomic E-state index is 14.7. The third-order valence-corrected chi connectivity index (χ3v) is 6.87. The summed E-state index contributed by atoms with van der Waals surface area (Å²) in [5.41, 5.74) is 3.13. The molecule has 0 saturated heterocycles. The standard InChI is InChI=1S/C29H31ClFN3O/c1-3-4-8-22-9-5-6-12-27(22)29(24-10-7-11-25(31)17-24,33-21(2)34-16-15-32-20-34)19-23-13-14-26(35)18-28(23)30/h5-7,9-18,20-21,33,35H,3-4,8,19H2,1-2H3. The second kappa shape index (κ2) is 11.1. The van der Waals surface area contributed by atoms with E-state index in [1.165, 1.54) is 11.6 Å². The monoisotopic (exact) mass is 491 g/mol. The summed E-state index contributed by atoms with van der Waals surface area (Å²) >= 11 is 6.62. The topological polar surface area (TPSA) is 50.1 Å². The van der Waals surface area contributed by atoms with Gasteiger partial charge in [0.25, 0.3) is 0 Å². The minimum absolute atomic E-state index is 0.109. The molecule has 1 heterocycles. The molecule has 4 nitrogen and oxygen atoms in total. The summed E-state index contributed by atoms with van der Waals surface area (Å²) < 4.78 is 16.7. The van der Waals surface area contributed by atoms with Gasteiger partial charge in [0.2, 0.25) is 0 Å². The summed E-state index contributed by atoms with van der Waals surface area (Å²) in [6.45, 7) is 4.24. The van der Waals surface area contributed by atoms with Crippen LogP contribution in [-0.4, -0.2) is 14.7 Å². The zero-order chi connectivity index (χ0) is 24.8. The van der Waals surface area contributed by atoms with E-state index in [-0.39, 0.29) is 17.7 Å². The first-order valence-electron chi connectivity index (χ1n) is 12.0. The fourth-order valence-corrected chi connectivity index (χ4v) is 4.98. The minimum atomic E-state index is -0.809. The van der Waals surface area contributed by atoms with Gasteiger partial charge >= 0.3 is 0 Å². The molecular weight excluding hydrogens is 461 g/mol. The molecule has 0 aliphatic heterocycles. The Labute approximate surface area is 211 Å². The Balaban J connectivity index is 1.96. The maximum Gasteiger partial charge on any atom is 0.123 e. The lowest BCUT2D eigenvalue weighted by Crippen LogP contribution is -2.48. The second-order valence-electron chi connectivity index (χ2n) is 8.96. The number of phenols is 1. The molecule has 1 aromatic heterocycles. The molecule has 2 unspecified atom stereocenters. The molecule has 0 saturated carbocycles. The van der Waals surface area contributed by atoms with E-state index in [1.54, 1.807) is 36.8 Å². The molecule has 6 heteroatoms. The molecular formula is C29H31ClFN3O. The molecule has 0 spiro atoms. The molecule has 35 heavy (non-hydrogen) atoms. The Bertz CT molecular complexity index is 1260. The number of rotatable bonds is 10. The average molecular weight is 492 g/mol. The maximum absolute atomic E-state index is 14.7. The molecule has 2 atom stereocenters. The molecule has 0 aliphatic carbocycles. The van der Waals surface area contributed by atoms with Crippen LogP contribution < -0.4 is 5.32 Å². The molecule has 3 aromatic carbocycles. The molecule has 0 amide bonds. The molecule has 0 radical (unpaired) electrons. The number of aromatic nitrogens is 2. The number of nitrogens with one attached hydrogen (secondary N) is 1. The number of unbranched alkanes of at least 4 members (excludes halogenated alkanes) is 1. The summed E-state index contributed by atoms with van der Waals surface area (Å²) in [6.07, 6.45) is 8.75. The van der Waals surface area contributed by atoms with Gasteiger partial charge in [0.15, 0.2) is 0 Å². The van der Waals surface area contributed by atoms with E-state index in [4.69, 9.17) is 11.6 Å². The van der Waals surface area contributed by atoms with Gasteiger partial charge in [-0.15, -0.1) is 0 Å². The molecule has 2 N–H and O–H groups in total. The van der Waals surface area contributed by atoms with Crippen molar-refractivity contribution in [2.45, 2.75) is 51.2 Å². The highest BCUT2D eigenvalue weighted by atomic mass is 35.5. The van der Waals surface area contributed by atoms with Gasteiger partial charge in [-0.3, -0.25) is 5.32 Å². The largest absolute Gasteiger partial charge is 0.508 e. The summed E-state index contributed by atoms with van der Waals surface area (Å²) in [5, 5.41) is 14.3. The first-order chi connectivity index (χ1) is 16.9. The number of aryl methyl sites for hydroxylation is 1. The lowest BCUT2D eigenvalue weighted by atomic mass is 9.75. The van der Waals surface area contributed by atoms with Crippen LogP contribution in [-0.2, 0) is 18.4 Å². The summed E-state index contributed by atoms with van der Waals surface area (Å²) in [5.74, 6) is -0.190. The van der Waals surface area contributed by atoms with Crippen LogP contribution in [0.1, 0.15) is 55.1 Å². The van der Waals surface area contributed by atoms with Crippen LogP contribution in [0.15, 0.2) is 85.5 Å². The van der Waals surface area contributed by atoms with Crippen LogP contribution in [0.4, 0.5) is 4.39 Å².